The van der Waals surface area contributed by atoms with Crippen LogP contribution in [-0.2, 0) is 16.1 Å². The van der Waals surface area contributed by atoms with Crippen molar-refractivity contribution in [3.63, 3.8) is 0 Å². The summed E-state index contributed by atoms with van der Waals surface area (Å²) in [6, 6.07) is 0.508. The van der Waals surface area contributed by atoms with Gasteiger partial charge in [-0.05, 0) is 19.8 Å². The van der Waals surface area contributed by atoms with E-state index in [1.165, 1.54) is 32.1 Å². The van der Waals surface area contributed by atoms with E-state index in [9.17, 15) is 4.79 Å². The van der Waals surface area contributed by atoms with Gasteiger partial charge in [-0.25, -0.2) is 0 Å². The van der Waals surface area contributed by atoms with Gasteiger partial charge in [0.15, 0.2) is 0 Å². The van der Waals surface area contributed by atoms with Crippen LogP contribution in [0.25, 0.3) is 0 Å². The Kier molecular flexibility index (Phi) is 7.17. The molecule has 0 spiro atoms. The number of piperazine rings is 1. The summed E-state index contributed by atoms with van der Waals surface area (Å²) in [5, 5.41) is 14.8. The highest BCUT2D eigenvalue weighted by atomic mass is 16.3. The lowest BCUT2D eigenvalue weighted by atomic mass is 9.93. The molecule has 1 aliphatic heterocycles. The van der Waals surface area contributed by atoms with Crippen LogP contribution in [0.3, 0.4) is 0 Å². The number of aromatic nitrogens is 3. The number of amides is 1. The summed E-state index contributed by atoms with van der Waals surface area (Å²) in [6.45, 7) is 5.91. The van der Waals surface area contributed by atoms with E-state index in [2.05, 4.69) is 20.0 Å². The highest BCUT2D eigenvalue weighted by Gasteiger charge is 2.30. The molecule has 2 fully saturated rings. The van der Waals surface area contributed by atoms with Gasteiger partial charge in [0.1, 0.15) is 12.2 Å². The number of hydrogen-bond acceptors (Lipinski definition) is 5. The number of rotatable bonds is 4. The van der Waals surface area contributed by atoms with Crippen molar-refractivity contribution in [2.24, 2.45) is 0 Å². The predicted octanol–water partition coefficient (Wildman–Crippen LogP) is 0.764. The molecule has 3 rings (SSSR count). The van der Waals surface area contributed by atoms with Crippen LogP contribution < -0.4 is 0 Å². The van der Waals surface area contributed by atoms with Gasteiger partial charge in [0.05, 0.1) is 6.54 Å². The van der Waals surface area contributed by atoms with Gasteiger partial charge < -0.3 is 14.6 Å². The molecule has 0 bridgehead atoms. The van der Waals surface area contributed by atoms with Gasteiger partial charge in [-0.3, -0.25) is 14.5 Å². The summed E-state index contributed by atoms with van der Waals surface area (Å²) in [6.07, 6.45) is 8.06. The van der Waals surface area contributed by atoms with Crippen LogP contribution in [0.5, 0.6) is 0 Å². The molecule has 1 saturated carbocycles. The van der Waals surface area contributed by atoms with Crippen molar-refractivity contribution >= 4 is 12.4 Å². The molecule has 134 valence electrons. The van der Waals surface area contributed by atoms with Crippen molar-refractivity contribution in [2.75, 3.05) is 26.2 Å². The van der Waals surface area contributed by atoms with Gasteiger partial charge in [-0.2, -0.15) is 0 Å². The average Bonchev–Trinajstić information content (AvgIpc) is 3.00. The quantitative estimate of drug-likeness (QED) is 0.816. The molecule has 0 radical (unpaired) electrons. The van der Waals surface area contributed by atoms with Gasteiger partial charge in [-0.15, -0.1) is 10.2 Å². The minimum Gasteiger partial charge on any atom is -0.483 e. The van der Waals surface area contributed by atoms with E-state index >= 15 is 0 Å². The van der Waals surface area contributed by atoms with E-state index in [0.29, 0.717) is 18.5 Å². The third-order valence-corrected chi connectivity index (χ3v) is 4.82. The van der Waals surface area contributed by atoms with E-state index in [-0.39, 0.29) is 6.47 Å². The van der Waals surface area contributed by atoms with Crippen LogP contribution in [0.1, 0.15) is 37.9 Å². The fraction of sp³-hybridized carbons (Fsp3) is 0.750. The van der Waals surface area contributed by atoms with Crippen LogP contribution in [0, 0.1) is 6.92 Å². The largest absolute Gasteiger partial charge is 0.483 e. The monoisotopic (exact) mass is 337 g/mol. The fourth-order valence-electron chi connectivity index (χ4n) is 3.49. The lowest BCUT2D eigenvalue weighted by Gasteiger charge is -2.40. The third kappa shape index (κ3) is 5.02. The second kappa shape index (κ2) is 9.36. The first-order valence-corrected chi connectivity index (χ1v) is 8.59. The number of carbonyl (C=O) groups is 2. The minimum absolute atomic E-state index is 0.250. The smallest absolute Gasteiger partial charge is 0.290 e. The number of carboxylic acid groups (broad SMARTS) is 1. The number of nitrogens with zero attached hydrogens (tertiary/aromatic N) is 5. The van der Waals surface area contributed by atoms with Gasteiger partial charge in [0.2, 0.25) is 5.91 Å². The molecule has 8 nitrogen and oxygen atoms in total. The lowest BCUT2D eigenvalue weighted by molar-refractivity contribution is -0.139. The molecule has 2 aliphatic rings. The maximum atomic E-state index is 12.4. The van der Waals surface area contributed by atoms with Crippen LogP contribution in [0.15, 0.2) is 6.33 Å². The van der Waals surface area contributed by atoms with E-state index in [1.54, 1.807) is 6.33 Å². The second-order valence-corrected chi connectivity index (χ2v) is 6.33. The molecule has 0 aromatic carbocycles. The number of carbonyl (C=O) groups excluding carboxylic acids is 1. The Bertz CT molecular complexity index is 528. The van der Waals surface area contributed by atoms with E-state index in [1.807, 2.05) is 11.5 Å². The van der Waals surface area contributed by atoms with Crippen LogP contribution in [0.2, 0.25) is 0 Å². The Labute approximate surface area is 142 Å². The molecule has 0 unspecified atom stereocenters. The fourth-order valence-corrected chi connectivity index (χ4v) is 3.49. The summed E-state index contributed by atoms with van der Waals surface area (Å²) in [4.78, 5) is 25.1. The molecular formula is C16H27N5O3. The molecular weight excluding hydrogens is 310 g/mol. The molecule has 2 heterocycles. The van der Waals surface area contributed by atoms with Gasteiger partial charge >= 0.3 is 0 Å². The Morgan fingerprint density at radius 1 is 1.25 bits per heavy atom. The summed E-state index contributed by atoms with van der Waals surface area (Å²) in [7, 11) is 0. The van der Waals surface area contributed by atoms with Crippen molar-refractivity contribution in [3.05, 3.63) is 12.2 Å². The van der Waals surface area contributed by atoms with Crippen molar-refractivity contribution in [1.29, 1.82) is 0 Å². The topological polar surface area (TPSA) is 91.6 Å². The molecule has 0 atom stereocenters. The van der Waals surface area contributed by atoms with Crippen molar-refractivity contribution in [1.82, 2.24) is 24.6 Å². The molecule has 1 aromatic rings. The van der Waals surface area contributed by atoms with E-state index in [0.717, 1.165) is 32.0 Å². The molecule has 24 heavy (non-hydrogen) atoms. The predicted molar refractivity (Wildman–Crippen MR) is 88.5 cm³/mol. The zero-order valence-corrected chi connectivity index (χ0v) is 14.3. The average molecular weight is 337 g/mol. The Morgan fingerprint density at radius 3 is 2.54 bits per heavy atom. The van der Waals surface area contributed by atoms with Gasteiger partial charge in [0, 0.05) is 32.2 Å². The first-order valence-electron chi connectivity index (χ1n) is 8.59. The summed E-state index contributed by atoms with van der Waals surface area (Å²) >= 11 is 0. The first-order chi connectivity index (χ1) is 11.7. The van der Waals surface area contributed by atoms with E-state index in [4.69, 9.17) is 9.90 Å². The molecule has 1 aromatic heterocycles. The summed E-state index contributed by atoms with van der Waals surface area (Å²) in [5.74, 6) is 1.25. The maximum Gasteiger partial charge on any atom is 0.290 e. The Morgan fingerprint density at radius 2 is 1.96 bits per heavy atom. The van der Waals surface area contributed by atoms with Crippen LogP contribution in [0.4, 0.5) is 0 Å². The Hall–Kier alpha value is -1.96. The first kappa shape index (κ1) is 18.4. The number of aryl methyl sites for hydroxylation is 1. The third-order valence-electron chi connectivity index (χ3n) is 4.82. The zero-order chi connectivity index (χ0) is 17.4. The normalized spacial score (nSPS) is 19.7. The highest BCUT2D eigenvalue weighted by Crippen LogP contribution is 2.23. The number of hydrogen-bond donors (Lipinski definition) is 1. The molecule has 1 N–H and O–H groups in total. The molecule has 1 amide bonds. The summed E-state index contributed by atoms with van der Waals surface area (Å²) < 4.78 is 2.04. The van der Waals surface area contributed by atoms with Crippen molar-refractivity contribution in [2.45, 2.75) is 51.6 Å². The summed E-state index contributed by atoms with van der Waals surface area (Å²) in [5.41, 5.74) is 0. The molecule has 1 saturated heterocycles. The molecule has 8 heteroatoms. The standard InChI is InChI=1S/C15H25N5O.CH2O2/c1-13-17-16-12-19(13)9-7-18-8-10-20(15(21)11-18)14-5-3-2-4-6-14;2-1-3/h12,14H,2-11H2,1H3;1H,(H,2,3). The SMILES string of the molecule is Cc1nncn1CCN1CCN(C2CCCCC2)C(=O)C1.O=CO. The van der Waals surface area contributed by atoms with Crippen molar-refractivity contribution in [3.8, 4) is 0 Å². The minimum atomic E-state index is -0.250. The van der Waals surface area contributed by atoms with Crippen molar-refractivity contribution < 1.29 is 14.7 Å². The molecule has 1 aliphatic carbocycles. The van der Waals surface area contributed by atoms with Gasteiger partial charge in [-0.1, -0.05) is 19.3 Å². The van der Waals surface area contributed by atoms with Gasteiger partial charge in [0.25, 0.3) is 6.47 Å². The maximum absolute atomic E-state index is 12.4. The van der Waals surface area contributed by atoms with Crippen LogP contribution >= 0.6 is 0 Å². The highest BCUT2D eigenvalue weighted by molar-refractivity contribution is 5.79. The second-order valence-electron chi connectivity index (χ2n) is 6.33. The van der Waals surface area contributed by atoms with Crippen LogP contribution in [-0.4, -0.2) is 74.3 Å². The van der Waals surface area contributed by atoms with E-state index < -0.39 is 0 Å². The zero-order valence-electron chi connectivity index (χ0n) is 14.3. The Balaban J connectivity index is 0.000000647. The lowest BCUT2D eigenvalue weighted by Crippen LogP contribution is -2.54.